The van der Waals surface area contributed by atoms with Crippen LogP contribution < -0.4 is 5.32 Å². The molecule has 0 aliphatic carbocycles. The van der Waals surface area contributed by atoms with Crippen LogP contribution >= 0.6 is 12.4 Å². The fourth-order valence-corrected chi connectivity index (χ4v) is 1.81. The van der Waals surface area contributed by atoms with E-state index in [4.69, 9.17) is 5.26 Å². The van der Waals surface area contributed by atoms with Gasteiger partial charge >= 0.3 is 0 Å². The lowest BCUT2D eigenvalue weighted by Gasteiger charge is -2.05. The SMILES string of the molecule is Cl.N#Cc1cccc2c1CCCNC2. The Morgan fingerprint density at radius 2 is 2.21 bits per heavy atom. The Kier molecular flexibility index (Phi) is 3.94. The van der Waals surface area contributed by atoms with E-state index in [-0.39, 0.29) is 12.4 Å². The molecule has 1 heterocycles. The van der Waals surface area contributed by atoms with E-state index in [9.17, 15) is 0 Å². The lowest BCUT2D eigenvalue weighted by atomic mass is 9.99. The van der Waals surface area contributed by atoms with E-state index in [1.807, 2.05) is 12.1 Å². The summed E-state index contributed by atoms with van der Waals surface area (Å²) in [6, 6.07) is 8.23. The van der Waals surface area contributed by atoms with Crippen LogP contribution in [0.5, 0.6) is 0 Å². The van der Waals surface area contributed by atoms with Crippen molar-refractivity contribution in [3.63, 3.8) is 0 Å². The van der Waals surface area contributed by atoms with Gasteiger partial charge in [0.05, 0.1) is 11.6 Å². The molecule has 2 rings (SSSR count). The minimum atomic E-state index is 0. The van der Waals surface area contributed by atoms with Gasteiger partial charge in [0, 0.05) is 6.54 Å². The molecule has 2 nitrogen and oxygen atoms in total. The van der Waals surface area contributed by atoms with E-state index in [1.54, 1.807) is 0 Å². The molecule has 0 saturated heterocycles. The third-order valence-corrected chi connectivity index (χ3v) is 2.49. The zero-order valence-corrected chi connectivity index (χ0v) is 8.73. The lowest BCUT2D eigenvalue weighted by molar-refractivity contribution is 0.680. The molecular formula is C11H13ClN2. The normalized spacial score (nSPS) is 14.5. The summed E-state index contributed by atoms with van der Waals surface area (Å²) in [5.41, 5.74) is 3.38. The van der Waals surface area contributed by atoms with Gasteiger partial charge in [-0.2, -0.15) is 5.26 Å². The van der Waals surface area contributed by atoms with Crippen molar-refractivity contribution in [1.29, 1.82) is 5.26 Å². The van der Waals surface area contributed by atoms with Crippen molar-refractivity contribution in [1.82, 2.24) is 5.32 Å². The highest BCUT2D eigenvalue weighted by atomic mass is 35.5. The molecule has 14 heavy (non-hydrogen) atoms. The first kappa shape index (κ1) is 11.0. The van der Waals surface area contributed by atoms with E-state index in [2.05, 4.69) is 17.5 Å². The molecule has 1 aliphatic heterocycles. The number of nitriles is 1. The fourth-order valence-electron chi connectivity index (χ4n) is 1.81. The van der Waals surface area contributed by atoms with Crippen LogP contribution in [0, 0.1) is 11.3 Å². The van der Waals surface area contributed by atoms with E-state index in [0.29, 0.717) is 0 Å². The molecule has 0 atom stereocenters. The summed E-state index contributed by atoms with van der Waals surface area (Å²) < 4.78 is 0. The van der Waals surface area contributed by atoms with Gasteiger partial charge in [0.25, 0.3) is 0 Å². The maximum Gasteiger partial charge on any atom is 0.0994 e. The largest absolute Gasteiger partial charge is 0.313 e. The number of halogens is 1. The molecule has 0 spiro atoms. The lowest BCUT2D eigenvalue weighted by Crippen LogP contribution is -2.11. The topological polar surface area (TPSA) is 35.8 Å². The van der Waals surface area contributed by atoms with Crippen LogP contribution in [-0.2, 0) is 13.0 Å². The summed E-state index contributed by atoms with van der Waals surface area (Å²) in [6.45, 7) is 1.96. The van der Waals surface area contributed by atoms with Gasteiger partial charge in [-0.15, -0.1) is 12.4 Å². The number of hydrogen-bond donors (Lipinski definition) is 1. The number of nitrogens with one attached hydrogen (secondary N) is 1. The first-order valence-corrected chi connectivity index (χ1v) is 4.63. The average Bonchev–Trinajstić information content (AvgIpc) is 2.41. The highest BCUT2D eigenvalue weighted by molar-refractivity contribution is 5.85. The maximum atomic E-state index is 8.92. The zero-order valence-electron chi connectivity index (χ0n) is 7.92. The van der Waals surface area contributed by atoms with Gasteiger partial charge in [-0.3, -0.25) is 0 Å². The predicted molar refractivity (Wildman–Crippen MR) is 58.4 cm³/mol. The highest BCUT2D eigenvalue weighted by Gasteiger charge is 2.10. The van der Waals surface area contributed by atoms with E-state index in [1.165, 1.54) is 11.1 Å². The van der Waals surface area contributed by atoms with Crippen LogP contribution in [0.15, 0.2) is 18.2 Å². The maximum absolute atomic E-state index is 8.92. The predicted octanol–water partition coefficient (Wildman–Crippen LogP) is 2.02. The molecule has 0 amide bonds. The summed E-state index contributed by atoms with van der Waals surface area (Å²) >= 11 is 0. The summed E-state index contributed by atoms with van der Waals surface area (Å²) in [6.07, 6.45) is 2.16. The molecule has 0 unspecified atom stereocenters. The van der Waals surface area contributed by atoms with Crippen LogP contribution in [-0.4, -0.2) is 6.54 Å². The Labute approximate surface area is 90.3 Å². The monoisotopic (exact) mass is 208 g/mol. The molecule has 0 saturated carbocycles. The smallest absolute Gasteiger partial charge is 0.0994 e. The van der Waals surface area contributed by atoms with Crippen molar-refractivity contribution in [2.75, 3.05) is 6.54 Å². The Morgan fingerprint density at radius 1 is 1.36 bits per heavy atom. The van der Waals surface area contributed by atoms with Gasteiger partial charge in [0.15, 0.2) is 0 Å². The van der Waals surface area contributed by atoms with Gasteiger partial charge in [0.1, 0.15) is 0 Å². The van der Waals surface area contributed by atoms with Gasteiger partial charge in [-0.1, -0.05) is 12.1 Å². The molecule has 74 valence electrons. The summed E-state index contributed by atoms with van der Waals surface area (Å²) in [5.74, 6) is 0. The Hall–Kier alpha value is -1.04. The third-order valence-electron chi connectivity index (χ3n) is 2.49. The minimum absolute atomic E-state index is 0. The van der Waals surface area contributed by atoms with Crippen LogP contribution in [0.25, 0.3) is 0 Å². The van der Waals surface area contributed by atoms with E-state index in [0.717, 1.165) is 31.5 Å². The number of nitrogens with zero attached hydrogens (tertiary/aromatic N) is 1. The Bertz CT molecular complexity index is 355. The molecule has 1 aromatic rings. The average molecular weight is 209 g/mol. The van der Waals surface area contributed by atoms with Crippen molar-refractivity contribution < 1.29 is 0 Å². The van der Waals surface area contributed by atoms with Crippen molar-refractivity contribution in [2.24, 2.45) is 0 Å². The van der Waals surface area contributed by atoms with Gasteiger partial charge < -0.3 is 5.32 Å². The summed E-state index contributed by atoms with van der Waals surface area (Å²) in [7, 11) is 0. The van der Waals surface area contributed by atoms with E-state index >= 15 is 0 Å². The highest BCUT2D eigenvalue weighted by Crippen LogP contribution is 2.18. The van der Waals surface area contributed by atoms with Crippen molar-refractivity contribution in [3.8, 4) is 6.07 Å². The van der Waals surface area contributed by atoms with Crippen molar-refractivity contribution >= 4 is 12.4 Å². The third kappa shape index (κ3) is 2.06. The van der Waals surface area contributed by atoms with Crippen molar-refractivity contribution in [3.05, 3.63) is 34.9 Å². The summed E-state index contributed by atoms with van der Waals surface area (Å²) in [5, 5.41) is 12.3. The quantitative estimate of drug-likeness (QED) is 0.708. The van der Waals surface area contributed by atoms with Gasteiger partial charge in [-0.05, 0) is 36.6 Å². The first-order valence-electron chi connectivity index (χ1n) is 4.63. The molecule has 0 fully saturated rings. The molecule has 0 radical (unpaired) electrons. The Morgan fingerprint density at radius 3 is 3.00 bits per heavy atom. The molecule has 0 aromatic heterocycles. The van der Waals surface area contributed by atoms with Crippen LogP contribution in [0.1, 0.15) is 23.1 Å². The second-order valence-electron chi connectivity index (χ2n) is 3.34. The van der Waals surface area contributed by atoms with E-state index < -0.39 is 0 Å². The van der Waals surface area contributed by atoms with Gasteiger partial charge in [0.2, 0.25) is 0 Å². The van der Waals surface area contributed by atoms with Gasteiger partial charge in [-0.25, -0.2) is 0 Å². The van der Waals surface area contributed by atoms with Crippen LogP contribution in [0.4, 0.5) is 0 Å². The Balaban J connectivity index is 0.000000980. The van der Waals surface area contributed by atoms with Crippen molar-refractivity contribution in [2.45, 2.75) is 19.4 Å². The van der Waals surface area contributed by atoms with Crippen LogP contribution in [0.3, 0.4) is 0 Å². The first-order chi connectivity index (χ1) is 6.42. The summed E-state index contributed by atoms with van der Waals surface area (Å²) in [4.78, 5) is 0. The molecule has 1 aliphatic rings. The number of fused-ring (bicyclic) bond motifs is 1. The number of benzene rings is 1. The second kappa shape index (κ2) is 4.99. The number of hydrogen-bond acceptors (Lipinski definition) is 2. The molecule has 1 aromatic carbocycles. The standard InChI is InChI=1S/C11H12N2.ClH/c12-7-9-3-1-4-10-8-13-6-2-5-11(9)10;/h1,3-4,13H,2,5-6,8H2;1H. The number of rotatable bonds is 0. The fraction of sp³-hybridized carbons (Fsp3) is 0.364. The van der Waals surface area contributed by atoms with Crippen LogP contribution in [0.2, 0.25) is 0 Å². The molecule has 3 heteroatoms. The molecule has 1 N–H and O–H groups in total. The molecule has 0 bridgehead atoms. The molecular weight excluding hydrogens is 196 g/mol. The minimum Gasteiger partial charge on any atom is -0.313 e. The second-order valence-corrected chi connectivity index (χ2v) is 3.34. The zero-order chi connectivity index (χ0) is 9.10.